The molecule has 2 rings (SSSR count). The number of rotatable bonds is 3. The van der Waals surface area contributed by atoms with Crippen LogP contribution in [-0.2, 0) is 0 Å². The minimum atomic E-state index is 0.241. The van der Waals surface area contributed by atoms with Gasteiger partial charge in [0.15, 0.2) is 0 Å². The molecule has 1 saturated carbocycles. The van der Waals surface area contributed by atoms with Gasteiger partial charge in [0, 0.05) is 12.1 Å². The second-order valence-corrected chi connectivity index (χ2v) is 5.51. The van der Waals surface area contributed by atoms with Crippen LogP contribution in [0.25, 0.3) is 0 Å². The van der Waals surface area contributed by atoms with E-state index in [0.717, 1.165) is 12.5 Å². The second-order valence-electron chi connectivity index (χ2n) is 5.51. The van der Waals surface area contributed by atoms with Crippen molar-refractivity contribution >= 4 is 0 Å². The number of likely N-dealkylation sites (N-methyl/N-ethyl adjacent to an activating group) is 1. The van der Waals surface area contributed by atoms with E-state index in [1.165, 1.54) is 31.2 Å². The fourth-order valence-electron chi connectivity index (χ4n) is 3.05. The summed E-state index contributed by atoms with van der Waals surface area (Å²) in [7, 11) is 4.32. The summed E-state index contributed by atoms with van der Waals surface area (Å²) in [6.07, 6.45) is 4.96. The van der Waals surface area contributed by atoms with Crippen LogP contribution in [0.5, 0.6) is 0 Å². The highest BCUT2D eigenvalue weighted by Gasteiger charge is 2.36. The molecule has 0 bridgehead atoms. The first-order valence-corrected chi connectivity index (χ1v) is 6.60. The molecule has 0 atom stereocenters. The third-order valence-electron chi connectivity index (χ3n) is 4.52. The average molecular weight is 232 g/mol. The van der Waals surface area contributed by atoms with E-state index >= 15 is 0 Å². The van der Waals surface area contributed by atoms with Crippen LogP contribution in [0.2, 0.25) is 0 Å². The monoisotopic (exact) mass is 232 g/mol. The molecule has 1 aromatic rings. The van der Waals surface area contributed by atoms with Crippen molar-refractivity contribution in [3.05, 3.63) is 35.9 Å². The lowest BCUT2D eigenvalue weighted by Gasteiger charge is -2.44. The molecular formula is C15H24N2. The van der Waals surface area contributed by atoms with Crippen LogP contribution >= 0.6 is 0 Å². The maximum absolute atomic E-state index is 5.98. The van der Waals surface area contributed by atoms with E-state index in [2.05, 4.69) is 49.3 Å². The molecule has 0 unspecified atom stereocenters. The number of hydrogen-bond donors (Lipinski definition) is 1. The zero-order valence-corrected chi connectivity index (χ0v) is 11.0. The van der Waals surface area contributed by atoms with Crippen LogP contribution in [-0.4, -0.2) is 31.1 Å². The van der Waals surface area contributed by atoms with Gasteiger partial charge >= 0.3 is 0 Å². The normalized spacial score (nSPS) is 29.5. The lowest BCUT2D eigenvalue weighted by atomic mass is 9.73. The van der Waals surface area contributed by atoms with E-state index in [1.54, 1.807) is 0 Å². The first-order chi connectivity index (χ1) is 8.18. The Kier molecular flexibility index (Phi) is 3.85. The summed E-state index contributed by atoms with van der Waals surface area (Å²) < 4.78 is 0. The number of nitrogens with two attached hydrogens (primary N) is 1. The zero-order chi connectivity index (χ0) is 12.3. The van der Waals surface area contributed by atoms with Gasteiger partial charge in [-0.1, -0.05) is 30.3 Å². The number of benzene rings is 1. The molecule has 94 valence electrons. The number of hydrogen-bond acceptors (Lipinski definition) is 2. The van der Waals surface area contributed by atoms with Crippen molar-refractivity contribution in [3.63, 3.8) is 0 Å². The highest BCUT2D eigenvalue weighted by molar-refractivity contribution is 5.20. The van der Waals surface area contributed by atoms with Crippen molar-refractivity contribution in [3.8, 4) is 0 Å². The third-order valence-corrected chi connectivity index (χ3v) is 4.52. The topological polar surface area (TPSA) is 29.3 Å². The predicted octanol–water partition coefficient (Wildman–Crippen LogP) is 2.60. The van der Waals surface area contributed by atoms with Crippen molar-refractivity contribution in [2.75, 3.05) is 20.6 Å². The van der Waals surface area contributed by atoms with E-state index in [-0.39, 0.29) is 5.54 Å². The fraction of sp³-hybridized carbons (Fsp3) is 0.600. The summed E-state index contributed by atoms with van der Waals surface area (Å²) in [6, 6.07) is 10.9. The van der Waals surface area contributed by atoms with E-state index in [0.29, 0.717) is 0 Å². The molecule has 0 saturated heterocycles. The summed E-state index contributed by atoms with van der Waals surface area (Å²) >= 11 is 0. The summed E-state index contributed by atoms with van der Waals surface area (Å²) in [5.74, 6) is 0.732. The Morgan fingerprint density at radius 2 is 1.76 bits per heavy atom. The lowest BCUT2D eigenvalue weighted by Crippen LogP contribution is -2.52. The highest BCUT2D eigenvalue weighted by Crippen LogP contribution is 2.39. The Bertz CT molecular complexity index is 337. The molecule has 0 spiro atoms. The molecule has 0 aliphatic heterocycles. The van der Waals surface area contributed by atoms with Crippen LogP contribution in [0.15, 0.2) is 30.3 Å². The molecule has 0 radical (unpaired) electrons. The minimum absolute atomic E-state index is 0.241. The van der Waals surface area contributed by atoms with Gasteiger partial charge in [-0.15, -0.1) is 0 Å². The molecule has 2 N–H and O–H groups in total. The average Bonchev–Trinajstić information content (AvgIpc) is 2.39. The molecule has 0 amide bonds. The molecule has 1 fully saturated rings. The molecule has 1 aromatic carbocycles. The van der Waals surface area contributed by atoms with Gasteiger partial charge in [0.25, 0.3) is 0 Å². The van der Waals surface area contributed by atoms with E-state index in [9.17, 15) is 0 Å². The van der Waals surface area contributed by atoms with Gasteiger partial charge in [-0.05, 0) is 51.3 Å². The molecule has 1 aliphatic rings. The van der Waals surface area contributed by atoms with Crippen LogP contribution in [0.1, 0.15) is 37.2 Å². The highest BCUT2D eigenvalue weighted by atomic mass is 15.2. The Hall–Kier alpha value is -0.860. The van der Waals surface area contributed by atoms with Crippen LogP contribution in [0, 0.1) is 0 Å². The van der Waals surface area contributed by atoms with Gasteiger partial charge in [-0.25, -0.2) is 0 Å². The van der Waals surface area contributed by atoms with Crippen molar-refractivity contribution in [1.29, 1.82) is 0 Å². The largest absolute Gasteiger partial charge is 0.329 e. The second kappa shape index (κ2) is 5.19. The lowest BCUT2D eigenvalue weighted by molar-refractivity contribution is 0.101. The third kappa shape index (κ3) is 2.53. The smallest absolute Gasteiger partial charge is 0.0326 e. The maximum Gasteiger partial charge on any atom is 0.0326 e. The van der Waals surface area contributed by atoms with Crippen LogP contribution < -0.4 is 5.73 Å². The zero-order valence-electron chi connectivity index (χ0n) is 11.0. The SMILES string of the molecule is CN(C)C1(CN)CCC(c2ccccc2)CC1. The maximum atomic E-state index is 5.98. The summed E-state index contributed by atoms with van der Waals surface area (Å²) in [5, 5.41) is 0. The van der Waals surface area contributed by atoms with E-state index in [1.807, 2.05) is 0 Å². The van der Waals surface area contributed by atoms with Gasteiger partial charge in [0.2, 0.25) is 0 Å². The molecular weight excluding hydrogens is 208 g/mol. The molecule has 0 aromatic heterocycles. The quantitative estimate of drug-likeness (QED) is 0.868. The molecule has 0 heterocycles. The molecule has 1 aliphatic carbocycles. The van der Waals surface area contributed by atoms with Gasteiger partial charge < -0.3 is 10.6 Å². The Labute approximate surface area is 105 Å². The van der Waals surface area contributed by atoms with Gasteiger partial charge in [0.1, 0.15) is 0 Å². The minimum Gasteiger partial charge on any atom is -0.329 e. The van der Waals surface area contributed by atoms with E-state index < -0.39 is 0 Å². The summed E-state index contributed by atoms with van der Waals surface area (Å²) in [4.78, 5) is 2.33. The van der Waals surface area contributed by atoms with Gasteiger partial charge in [-0.2, -0.15) is 0 Å². The Balaban J connectivity index is 2.03. The molecule has 17 heavy (non-hydrogen) atoms. The van der Waals surface area contributed by atoms with Gasteiger partial charge in [-0.3, -0.25) is 0 Å². The van der Waals surface area contributed by atoms with Crippen molar-refractivity contribution in [2.45, 2.75) is 37.1 Å². The van der Waals surface area contributed by atoms with Gasteiger partial charge in [0.05, 0.1) is 0 Å². The first kappa shape index (κ1) is 12.6. The van der Waals surface area contributed by atoms with Crippen LogP contribution in [0.3, 0.4) is 0 Å². The predicted molar refractivity (Wildman–Crippen MR) is 73.1 cm³/mol. The van der Waals surface area contributed by atoms with Crippen LogP contribution in [0.4, 0.5) is 0 Å². The summed E-state index contributed by atoms with van der Waals surface area (Å²) in [5.41, 5.74) is 7.72. The fourth-order valence-corrected chi connectivity index (χ4v) is 3.05. The summed E-state index contributed by atoms with van der Waals surface area (Å²) in [6.45, 7) is 0.779. The Morgan fingerprint density at radius 3 is 2.24 bits per heavy atom. The van der Waals surface area contributed by atoms with Crippen molar-refractivity contribution in [2.24, 2.45) is 5.73 Å². The Morgan fingerprint density at radius 1 is 1.18 bits per heavy atom. The standard InChI is InChI=1S/C15H24N2/c1-17(2)15(12-16)10-8-14(9-11-15)13-6-4-3-5-7-13/h3-7,14H,8-12,16H2,1-2H3. The first-order valence-electron chi connectivity index (χ1n) is 6.60. The van der Waals surface area contributed by atoms with Crippen molar-refractivity contribution in [1.82, 2.24) is 4.90 Å². The molecule has 2 heteroatoms. The molecule has 2 nitrogen and oxygen atoms in total. The number of nitrogens with zero attached hydrogens (tertiary/aromatic N) is 1. The van der Waals surface area contributed by atoms with E-state index in [4.69, 9.17) is 5.73 Å². The van der Waals surface area contributed by atoms with Crippen molar-refractivity contribution < 1.29 is 0 Å².